The molecule has 1 aliphatic carbocycles. The van der Waals surface area contributed by atoms with E-state index < -0.39 is 21.5 Å². The van der Waals surface area contributed by atoms with Crippen LogP contribution in [0.25, 0.3) is 0 Å². The summed E-state index contributed by atoms with van der Waals surface area (Å²) in [6.07, 6.45) is 9.56. The summed E-state index contributed by atoms with van der Waals surface area (Å²) in [5.74, 6) is -0.279. The Bertz CT molecular complexity index is 781. The first-order valence-electron chi connectivity index (χ1n) is 8.67. The van der Waals surface area contributed by atoms with Gasteiger partial charge in [-0.2, -0.15) is 0 Å². The summed E-state index contributed by atoms with van der Waals surface area (Å²) in [7, 11) is -3.97. The fraction of sp³-hybridized carbons (Fsp3) is 0.500. The number of hydrogen-bond acceptors (Lipinski definition) is 5. The summed E-state index contributed by atoms with van der Waals surface area (Å²) in [6.45, 7) is 0.541. The van der Waals surface area contributed by atoms with Gasteiger partial charge in [0.2, 0.25) is 0 Å². The zero-order chi connectivity index (χ0) is 17.9. The predicted octanol–water partition coefficient (Wildman–Crippen LogP) is 2.53. The van der Waals surface area contributed by atoms with E-state index in [1.807, 2.05) is 12.2 Å². The molecular weight excluding hydrogens is 376 g/mol. The fourth-order valence-electron chi connectivity index (χ4n) is 2.98. The molecule has 3 N–H and O–H groups in total. The van der Waals surface area contributed by atoms with Crippen molar-refractivity contribution in [3.63, 3.8) is 0 Å². The first-order chi connectivity index (χ1) is 11.9. The molecule has 0 radical (unpaired) electrons. The molecule has 1 saturated carbocycles. The molecule has 1 aromatic rings. The molecule has 1 fully saturated rings. The van der Waals surface area contributed by atoms with Gasteiger partial charge in [0.15, 0.2) is 0 Å². The zero-order valence-electron chi connectivity index (χ0n) is 14.5. The van der Waals surface area contributed by atoms with Gasteiger partial charge in [0.1, 0.15) is 11.3 Å². The Morgan fingerprint density at radius 3 is 2.77 bits per heavy atom. The van der Waals surface area contributed by atoms with Crippen molar-refractivity contribution in [3.8, 4) is 5.75 Å². The van der Waals surface area contributed by atoms with Gasteiger partial charge in [0.25, 0.3) is 15.9 Å². The van der Waals surface area contributed by atoms with E-state index in [1.54, 1.807) is 12.1 Å². The number of hydrogen-bond donors (Lipinski definition) is 2. The average Bonchev–Trinajstić information content (AvgIpc) is 3.24. The van der Waals surface area contributed by atoms with Crippen molar-refractivity contribution >= 4 is 28.3 Å². The van der Waals surface area contributed by atoms with Crippen molar-refractivity contribution in [1.29, 1.82) is 0 Å². The number of ether oxygens (including phenoxy) is 1. The SMILES string of the molecule is Cl.N[C@]12C[C@H]1/C=C/CCCCCCOc1cccc(c1)S(=O)(=O)NC2=O. The van der Waals surface area contributed by atoms with Crippen molar-refractivity contribution in [1.82, 2.24) is 4.72 Å². The molecule has 3 rings (SSSR count). The van der Waals surface area contributed by atoms with Crippen LogP contribution < -0.4 is 15.2 Å². The molecule has 0 spiro atoms. The maximum atomic E-state index is 12.5. The van der Waals surface area contributed by atoms with Gasteiger partial charge in [-0.1, -0.05) is 31.1 Å². The Hall–Kier alpha value is -1.57. The molecule has 6 nitrogen and oxygen atoms in total. The van der Waals surface area contributed by atoms with Gasteiger partial charge < -0.3 is 10.5 Å². The number of halogens is 1. The molecule has 2 atom stereocenters. The van der Waals surface area contributed by atoms with Crippen LogP contribution >= 0.6 is 12.4 Å². The molecular formula is C18H25ClN2O4S. The van der Waals surface area contributed by atoms with Gasteiger partial charge in [0.05, 0.1) is 11.5 Å². The van der Waals surface area contributed by atoms with Crippen molar-refractivity contribution in [3.05, 3.63) is 36.4 Å². The fourth-order valence-corrected chi connectivity index (χ4v) is 4.06. The molecule has 8 heteroatoms. The normalized spacial score (nSPS) is 29.7. The highest BCUT2D eigenvalue weighted by Gasteiger charge is 2.56. The molecule has 1 amide bonds. The van der Waals surface area contributed by atoms with Gasteiger partial charge in [-0.3, -0.25) is 4.79 Å². The van der Waals surface area contributed by atoms with Crippen LogP contribution in [0.15, 0.2) is 41.3 Å². The van der Waals surface area contributed by atoms with Crippen LogP contribution in [0.2, 0.25) is 0 Å². The minimum Gasteiger partial charge on any atom is -0.494 e. The molecule has 2 bridgehead atoms. The van der Waals surface area contributed by atoms with E-state index in [0.29, 0.717) is 18.8 Å². The van der Waals surface area contributed by atoms with Crippen LogP contribution in [-0.2, 0) is 14.8 Å². The quantitative estimate of drug-likeness (QED) is 0.652. The minimum atomic E-state index is -3.97. The van der Waals surface area contributed by atoms with Crippen LogP contribution in [-0.4, -0.2) is 26.5 Å². The number of nitrogens with one attached hydrogen (secondary N) is 1. The summed E-state index contributed by atoms with van der Waals surface area (Å²) in [6, 6.07) is 6.18. The zero-order valence-corrected chi connectivity index (χ0v) is 16.2. The second-order valence-corrected chi connectivity index (χ2v) is 8.42. The molecule has 0 aromatic heterocycles. The predicted molar refractivity (Wildman–Crippen MR) is 102 cm³/mol. The van der Waals surface area contributed by atoms with E-state index in [1.165, 1.54) is 12.1 Å². The second kappa shape index (κ2) is 8.41. The van der Waals surface area contributed by atoms with Crippen LogP contribution in [0.1, 0.15) is 38.5 Å². The third-order valence-electron chi connectivity index (χ3n) is 4.73. The van der Waals surface area contributed by atoms with E-state index in [-0.39, 0.29) is 23.2 Å². The number of benzene rings is 1. The minimum absolute atomic E-state index is 0. The Morgan fingerprint density at radius 1 is 1.19 bits per heavy atom. The molecule has 2 aliphatic rings. The molecule has 144 valence electrons. The second-order valence-electron chi connectivity index (χ2n) is 6.74. The van der Waals surface area contributed by atoms with E-state index in [9.17, 15) is 13.2 Å². The van der Waals surface area contributed by atoms with Gasteiger partial charge in [-0.25, -0.2) is 13.1 Å². The number of rotatable bonds is 0. The van der Waals surface area contributed by atoms with E-state index in [4.69, 9.17) is 10.5 Å². The molecule has 0 saturated heterocycles. The molecule has 0 unspecified atom stereocenters. The van der Waals surface area contributed by atoms with Crippen molar-refractivity contribution in [2.24, 2.45) is 11.7 Å². The summed E-state index contributed by atoms with van der Waals surface area (Å²) >= 11 is 0. The summed E-state index contributed by atoms with van der Waals surface area (Å²) in [5.41, 5.74) is 4.94. The first kappa shape index (κ1) is 20.7. The van der Waals surface area contributed by atoms with Crippen LogP contribution in [0.5, 0.6) is 5.75 Å². The summed E-state index contributed by atoms with van der Waals surface area (Å²) < 4.78 is 32.7. The van der Waals surface area contributed by atoms with Gasteiger partial charge in [-0.05, 0) is 37.8 Å². The highest BCUT2D eigenvalue weighted by Crippen LogP contribution is 2.42. The van der Waals surface area contributed by atoms with E-state index in [2.05, 4.69) is 4.72 Å². The van der Waals surface area contributed by atoms with Crippen LogP contribution in [0.3, 0.4) is 0 Å². The number of fused-ring (bicyclic) bond motifs is 3. The van der Waals surface area contributed by atoms with Crippen molar-refractivity contribution in [2.75, 3.05) is 6.61 Å². The van der Waals surface area contributed by atoms with E-state index >= 15 is 0 Å². The third kappa shape index (κ3) is 4.78. The lowest BCUT2D eigenvalue weighted by molar-refractivity contribution is -0.121. The molecule has 1 aliphatic heterocycles. The van der Waals surface area contributed by atoms with Crippen LogP contribution in [0, 0.1) is 5.92 Å². The van der Waals surface area contributed by atoms with Gasteiger partial charge >= 0.3 is 0 Å². The van der Waals surface area contributed by atoms with Gasteiger partial charge in [0, 0.05) is 12.0 Å². The van der Waals surface area contributed by atoms with Crippen molar-refractivity contribution < 1.29 is 17.9 Å². The first-order valence-corrected chi connectivity index (χ1v) is 10.2. The Kier molecular flexibility index (Phi) is 6.71. The smallest absolute Gasteiger partial charge is 0.264 e. The summed E-state index contributed by atoms with van der Waals surface area (Å²) in [5, 5.41) is 0. The Labute approximate surface area is 160 Å². The Balaban J connectivity index is 0.00000243. The number of amides is 1. The Morgan fingerprint density at radius 2 is 1.96 bits per heavy atom. The van der Waals surface area contributed by atoms with Gasteiger partial charge in [-0.15, -0.1) is 12.4 Å². The number of sulfonamides is 1. The molecule has 1 aromatic carbocycles. The number of allylic oxidation sites excluding steroid dienone is 1. The highest BCUT2D eigenvalue weighted by molar-refractivity contribution is 7.90. The topological polar surface area (TPSA) is 98.5 Å². The maximum absolute atomic E-state index is 12.5. The summed E-state index contributed by atoms with van der Waals surface area (Å²) in [4.78, 5) is 12.4. The number of carbonyl (C=O) groups is 1. The lowest BCUT2D eigenvalue weighted by Crippen LogP contribution is -2.46. The molecule has 1 heterocycles. The third-order valence-corrected chi connectivity index (χ3v) is 6.06. The lowest BCUT2D eigenvalue weighted by Gasteiger charge is -2.13. The number of carbonyl (C=O) groups excluding carboxylic acids is 1. The standard InChI is InChI=1S/C18H24N2O4S.ClH/c19-18-13-14(18)8-5-3-1-2-4-6-11-24-15-9-7-10-16(12-15)25(22,23)20-17(18)21;/h5,7-10,12,14H,1-4,6,11,13,19H2,(H,20,21);1H/b8-5+;/t14-,18-;/m1./s1. The number of nitrogens with two attached hydrogens (primary N) is 1. The van der Waals surface area contributed by atoms with E-state index in [0.717, 1.165) is 32.1 Å². The lowest BCUT2D eigenvalue weighted by atomic mass is 10.1. The molecule has 26 heavy (non-hydrogen) atoms. The monoisotopic (exact) mass is 400 g/mol. The van der Waals surface area contributed by atoms with Crippen molar-refractivity contribution in [2.45, 2.75) is 49.0 Å². The maximum Gasteiger partial charge on any atom is 0.264 e. The van der Waals surface area contributed by atoms with Crippen LogP contribution in [0.4, 0.5) is 0 Å². The highest BCUT2D eigenvalue weighted by atomic mass is 35.5. The average molecular weight is 401 g/mol. The largest absolute Gasteiger partial charge is 0.494 e.